The van der Waals surface area contributed by atoms with Gasteiger partial charge in [-0.05, 0) is 32.4 Å². The van der Waals surface area contributed by atoms with Crippen LogP contribution in [0.2, 0.25) is 0 Å². The van der Waals surface area contributed by atoms with Crippen molar-refractivity contribution in [3.63, 3.8) is 0 Å². The smallest absolute Gasteiger partial charge is 0.193 e. The van der Waals surface area contributed by atoms with Crippen LogP contribution in [0.25, 0.3) is 5.69 Å². The predicted molar refractivity (Wildman–Crippen MR) is 101 cm³/mol. The molecular formula is C19H29N5. The highest BCUT2D eigenvalue weighted by Gasteiger charge is 2.14. The molecule has 0 bridgehead atoms. The lowest BCUT2D eigenvalue weighted by Gasteiger charge is -2.22. The molecule has 0 saturated heterocycles. The quantitative estimate of drug-likeness (QED) is 0.654. The van der Waals surface area contributed by atoms with Crippen LogP contribution in [0.1, 0.15) is 36.7 Å². The zero-order chi connectivity index (χ0) is 17.5. The highest BCUT2D eigenvalue weighted by Crippen LogP contribution is 2.17. The normalized spacial score (nSPS) is 11.6. The molecule has 0 unspecified atom stereocenters. The molecular weight excluding hydrogens is 298 g/mol. The molecule has 0 aliphatic heterocycles. The van der Waals surface area contributed by atoms with E-state index in [2.05, 4.69) is 55.2 Å². The fourth-order valence-corrected chi connectivity index (χ4v) is 2.80. The van der Waals surface area contributed by atoms with Crippen LogP contribution in [-0.2, 0) is 6.54 Å². The van der Waals surface area contributed by atoms with E-state index in [1.807, 2.05) is 29.9 Å². The van der Waals surface area contributed by atoms with Crippen LogP contribution in [0.3, 0.4) is 0 Å². The van der Waals surface area contributed by atoms with Gasteiger partial charge in [0.15, 0.2) is 5.96 Å². The van der Waals surface area contributed by atoms with E-state index in [9.17, 15) is 0 Å². The molecule has 1 aromatic heterocycles. The Kier molecular flexibility index (Phi) is 6.41. The van der Waals surface area contributed by atoms with Gasteiger partial charge in [-0.2, -0.15) is 5.10 Å². The number of para-hydroxylation sites is 1. The molecule has 0 fully saturated rings. The van der Waals surface area contributed by atoms with Crippen molar-refractivity contribution in [3.8, 4) is 5.69 Å². The summed E-state index contributed by atoms with van der Waals surface area (Å²) in [6, 6.07) is 10.2. The van der Waals surface area contributed by atoms with Crippen molar-refractivity contribution in [2.75, 3.05) is 20.6 Å². The Morgan fingerprint density at radius 1 is 1.25 bits per heavy atom. The minimum Gasteiger partial charge on any atom is -0.352 e. The number of nitrogens with zero attached hydrogens (tertiary/aromatic N) is 4. The van der Waals surface area contributed by atoms with Crippen LogP contribution < -0.4 is 5.32 Å². The Bertz CT molecular complexity index is 673. The molecule has 0 aliphatic carbocycles. The Hall–Kier alpha value is -2.30. The maximum absolute atomic E-state index is 4.70. The molecule has 1 aromatic carbocycles. The summed E-state index contributed by atoms with van der Waals surface area (Å²) < 4.78 is 2.01. The van der Waals surface area contributed by atoms with E-state index < -0.39 is 0 Å². The van der Waals surface area contributed by atoms with E-state index >= 15 is 0 Å². The lowest BCUT2D eigenvalue weighted by Crippen LogP contribution is -2.39. The summed E-state index contributed by atoms with van der Waals surface area (Å²) in [5.74, 6) is 0.926. The van der Waals surface area contributed by atoms with Crippen molar-refractivity contribution < 1.29 is 0 Å². The monoisotopic (exact) mass is 327 g/mol. The van der Waals surface area contributed by atoms with Gasteiger partial charge in [-0.1, -0.05) is 31.5 Å². The molecule has 0 atom stereocenters. The summed E-state index contributed by atoms with van der Waals surface area (Å²) >= 11 is 0. The Labute approximate surface area is 145 Å². The number of benzene rings is 1. The van der Waals surface area contributed by atoms with Crippen molar-refractivity contribution in [2.45, 2.75) is 40.2 Å². The van der Waals surface area contributed by atoms with Gasteiger partial charge in [0.25, 0.3) is 0 Å². The van der Waals surface area contributed by atoms with Crippen molar-refractivity contribution in [3.05, 3.63) is 47.3 Å². The van der Waals surface area contributed by atoms with Gasteiger partial charge in [-0.25, -0.2) is 4.68 Å². The Morgan fingerprint density at radius 3 is 2.58 bits per heavy atom. The molecule has 0 radical (unpaired) electrons. The SMILES string of the molecule is CCCCN(C)C(=NC)NCc1c(C)nn(-c2ccccc2)c1C. The van der Waals surface area contributed by atoms with Crippen molar-refractivity contribution in [2.24, 2.45) is 4.99 Å². The van der Waals surface area contributed by atoms with E-state index in [0.29, 0.717) is 0 Å². The summed E-state index contributed by atoms with van der Waals surface area (Å²) in [5.41, 5.74) is 4.53. The van der Waals surface area contributed by atoms with Gasteiger partial charge in [-0.3, -0.25) is 4.99 Å². The number of aromatic nitrogens is 2. The number of aliphatic imine (C=N–C) groups is 1. The van der Waals surface area contributed by atoms with Crippen LogP contribution in [-0.4, -0.2) is 41.3 Å². The van der Waals surface area contributed by atoms with E-state index in [-0.39, 0.29) is 0 Å². The third-order valence-electron chi connectivity index (χ3n) is 4.29. The third-order valence-corrected chi connectivity index (χ3v) is 4.29. The van der Waals surface area contributed by atoms with Gasteiger partial charge >= 0.3 is 0 Å². The van der Waals surface area contributed by atoms with Crippen LogP contribution in [0.15, 0.2) is 35.3 Å². The minimum absolute atomic E-state index is 0.730. The molecule has 5 nitrogen and oxygen atoms in total. The maximum atomic E-state index is 4.70. The zero-order valence-corrected chi connectivity index (χ0v) is 15.5. The molecule has 24 heavy (non-hydrogen) atoms. The number of hydrogen-bond acceptors (Lipinski definition) is 2. The highest BCUT2D eigenvalue weighted by atomic mass is 15.3. The van der Waals surface area contributed by atoms with Crippen LogP contribution in [0, 0.1) is 13.8 Å². The molecule has 1 heterocycles. The van der Waals surface area contributed by atoms with Crippen molar-refractivity contribution in [1.82, 2.24) is 20.0 Å². The summed E-state index contributed by atoms with van der Waals surface area (Å²) in [6.45, 7) is 8.13. The third kappa shape index (κ3) is 4.16. The van der Waals surface area contributed by atoms with Gasteiger partial charge in [0.2, 0.25) is 0 Å². The molecule has 2 aromatic rings. The lowest BCUT2D eigenvalue weighted by molar-refractivity contribution is 0.464. The first-order valence-corrected chi connectivity index (χ1v) is 8.60. The first-order chi connectivity index (χ1) is 11.6. The molecule has 0 saturated carbocycles. The molecule has 0 aliphatic rings. The molecule has 5 heteroatoms. The number of unbranched alkanes of at least 4 members (excludes halogenated alkanes) is 1. The van der Waals surface area contributed by atoms with E-state index in [1.165, 1.54) is 18.4 Å². The molecule has 0 amide bonds. The van der Waals surface area contributed by atoms with Gasteiger partial charge in [-0.15, -0.1) is 0 Å². The zero-order valence-electron chi connectivity index (χ0n) is 15.5. The summed E-state index contributed by atoms with van der Waals surface area (Å²) in [4.78, 5) is 6.56. The molecule has 2 rings (SSSR count). The number of aryl methyl sites for hydroxylation is 1. The van der Waals surface area contributed by atoms with Crippen LogP contribution in [0.5, 0.6) is 0 Å². The van der Waals surface area contributed by atoms with E-state index in [4.69, 9.17) is 5.10 Å². The Balaban J connectivity index is 2.12. The maximum Gasteiger partial charge on any atom is 0.193 e. The Morgan fingerprint density at radius 2 is 1.96 bits per heavy atom. The fraction of sp³-hybridized carbons (Fsp3) is 0.474. The average Bonchev–Trinajstić information content (AvgIpc) is 2.89. The topological polar surface area (TPSA) is 45.4 Å². The molecule has 1 N–H and O–H groups in total. The van der Waals surface area contributed by atoms with E-state index in [1.54, 1.807) is 0 Å². The van der Waals surface area contributed by atoms with Crippen molar-refractivity contribution in [1.29, 1.82) is 0 Å². The van der Waals surface area contributed by atoms with Crippen LogP contribution in [0.4, 0.5) is 0 Å². The molecule has 130 valence electrons. The van der Waals surface area contributed by atoms with Crippen LogP contribution >= 0.6 is 0 Å². The standard InChI is InChI=1S/C19H29N5/c1-6-7-13-23(5)19(20-4)21-14-18-15(2)22-24(16(18)3)17-11-9-8-10-12-17/h8-12H,6-7,13-14H2,1-5H3,(H,20,21). The van der Waals surface area contributed by atoms with Gasteiger partial charge < -0.3 is 10.2 Å². The summed E-state index contributed by atoms with van der Waals surface area (Å²) in [7, 11) is 3.91. The second-order valence-electron chi connectivity index (χ2n) is 6.07. The number of rotatable bonds is 6. The average molecular weight is 327 g/mol. The largest absolute Gasteiger partial charge is 0.352 e. The van der Waals surface area contributed by atoms with Gasteiger partial charge in [0.05, 0.1) is 11.4 Å². The number of nitrogens with one attached hydrogen (secondary N) is 1. The van der Waals surface area contributed by atoms with Crippen molar-refractivity contribution >= 4 is 5.96 Å². The molecule has 0 spiro atoms. The lowest BCUT2D eigenvalue weighted by atomic mass is 10.2. The van der Waals surface area contributed by atoms with E-state index in [0.717, 1.165) is 36.1 Å². The summed E-state index contributed by atoms with van der Waals surface area (Å²) in [5, 5.41) is 8.17. The second-order valence-corrected chi connectivity index (χ2v) is 6.07. The van der Waals surface area contributed by atoms with Gasteiger partial charge in [0.1, 0.15) is 0 Å². The number of hydrogen-bond donors (Lipinski definition) is 1. The number of guanidine groups is 1. The summed E-state index contributed by atoms with van der Waals surface area (Å²) in [6.07, 6.45) is 2.35. The van der Waals surface area contributed by atoms with Gasteiger partial charge in [0, 0.05) is 38.4 Å². The highest BCUT2D eigenvalue weighted by molar-refractivity contribution is 5.79. The predicted octanol–water partition coefficient (Wildman–Crippen LogP) is 3.30. The minimum atomic E-state index is 0.730. The fourth-order valence-electron chi connectivity index (χ4n) is 2.80. The first kappa shape index (κ1) is 18.0. The second kappa shape index (κ2) is 8.52. The first-order valence-electron chi connectivity index (χ1n) is 8.60.